The van der Waals surface area contributed by atoms with E-state index in [1.165, 1.54) is 6.92 Å². The van der Waals surface area contributed by atoms with Crippen LogP contribution in [0.25, 0.3) is 0 Å². The van der Waals surface area contributed by atoms with E-state index in [1.807, 2.05) is 0 Å². The molecule has 1 aromatic heterocycles. The maximum Gasteiger partial charge on any atom is 0.573 e. The Kier molecular flexibility index (Phi) is 5.28. The number of esters is 1. The van der Waals surface area contributed by atoms with Crippen LogP contribution in [0.5, 0.6) is 5.75 Å². The van der Waals surface area contributed by atoms with Crippen molar-refractivity contribution in [1.29, 1.82) is 0 Å². The van der Waals surface area contributed by atoms with Gasteiger partial charge in [0.2, 0.25) is 0 Å². The fraction of sp³-hybridized carbons (Fsp3) is 0.400. The van der Waals surface area contributed by atoms with Crippen LogP contribution in [-0.2, 0) is 10.9 Å². The van der Waals surface area contributed by atoms with Gasteiger partial charge in [0, 0.05) is 6.20 Å². The number of hydrogen-bond donors (Lipinski definition) is 0. The van der Waals surface area contributed by atoms with Gasteiger partial charge in [-0.1, -0.05) is 0 Å². The normalized spacial score (nSPS) is 12.2. The fourth-order valence-electron chi connectivity index (χ4n) is 1.23. The Hall–Kier alpha value is -1.27. The standard InChI is InChI=1S/C10H6F6INO3/c1-2-20-8(19)6-5(17)7(21-10(14,15)16)4(3-18-6)9(11,12)13/h3H,2H2,1H3. The summed E-state index contributed by atoms with van der Waals surface area (Å²) in [6, 6.07) is 0. The SMILES string of the molecule is CCOC(=O)c1ncc(C(F)(F)F)c(OC(F)(F)F)c1I. The van der Waals surface area contributed by atoms with Gasteiger partial charge in [-0.2, -0.15) is 13.2 Å². The highest BCUT2D eigenvalue weighted by Crippen LogP contribution is 2.41. The van der Waals surface area contributed by atoms with Crippen molar-refractivity contribution in [3.63, 3.8) is 0 Å². The molecule has 0 saturated carbocycles. The first kappa shape index (κ1) is 17.8. The third-order valence-electron chi connectivity index (χ3n) is 1.97. The third kappa shape index (κ3) is 4.61. The van der Waals surface area contributed by atoms with Gasteiger partial charge in [0.15, 0.2) is 11.4 Å². The van der Waals surface area contributed by atoms with Gasteiger partial charge in [0.05, 0.1) is 10.2 Å². The van der Waals surface area contributed by atoms with E-state index in [1.54, 1.807) is 0 Å². The zero-order chi connectivity index (χ0) is 16.4. The van der Waals surface area contributed by atoms with E-state index in [0.717, 1.165) is 22.6 Å². The third-order valence-corrected chi connectivity index (χ3v) is 2.97. The van der Waals surface area contributed by atoms with Crippen LogP contribution in [0.15, 0.2) is 6.20 Å². The van der Waals surface area contributed by atoms with Crippen LogP contribution in [0.2, 0.25) is 0 Å². The summed E-state index contributed by atoms with van der Waals surface area (Å²) in [5.41, 5.74) is -2.43. The number of rotatable bonds is 3. The number of halogens is 7. The molecule has 0 saturated heterocycles. The predicted molar refractivity (Wildman–Crippen MR) is 64.6 cm³/mol. The quantitative estimate of drug-likeness (QED) is 0.417. The topological polar surface area (TPSA) is 48.4 Å². The van der Waals surface area contributed by atoms with Crippen molar-refractivity contribution in [2.45, 2.75) is 19.5 Å². The number of pyridine rings is 1. The Balaban J connectivity index is 3.45. The van der Waals surface area contributed by atoms with Crippen LogP contribution in [0.1, 0.15) is 23.0 Å². The number of carbonyl (C=O) groups excluding carboxylic acids is 1. The Labute approximate surface area is 127 Å². The van der Waals surface area contributed by atoms with E-state index < -0.39 is 39.1 Å². The van der Waals surface area contributed by atoms with Crippen LogP contribution in [0.4, 0.5) is 26.3 Å². The van der Waals surface area contributed by atoms with Gasteiger partial charge in [-0.05, 0) is 29.5 Å². The Morgan fingerprint density at radius 3 is 2.29 bits per heavy atom. The van der Waals surface area contributed by atoms with Crippen molar-refractivity contribution < 1.29 is 40.6 Å². The summed E-state index contributed by atoms with van der Waals surface area (Å²) in [5.74, 6) is -2.68. The highest BCUT2D eigenvalue weighted by atomic mass is 127. The van der Waals surface area contributed by atoms with Crippen molar-refractivity contribution in [2.24, 2.45) is 0 Å². The zero-order valence-corrected chi connectivity index (χ0v) is 12.3. The molecule has 1 heterocycles. The van der Waals surface area contributed by atoms with Gasteiger partial charge in [0.25, 0.3) is 0 Å². The van der Waals surface area contributed by atoms with Crippen molar-refractivity contribution in [2.75, 3.05) is 6.61 Å². The van der Waals surface area contributed by atoms with Crippen LogP contribution in [-0.4, -0.2) is 23.9 Å². The Morgan fingerprint density at radius 2 is 1.86 bits per heavy atom. The molecule has 0 N–H and O–H groups in total. The molecular weight excluding hydrogens is 423 g/mol. The summed E-state index contributed by atoms with van der Waals surface area (Å²) in [6.45, 7) is 1.30. The number of carbonyl (C=O) groups is 1. The lowest BCUT2D eigenvalue weighted by Crippen LogP contribution is -2.23. The molecular formula is C10H6F6INO3. The van der Waals surface area contributed by atoms with Crippen LogP contribution < -0.4 is 4.74 Å². The summed E-state index contributed by atoms with van der Waals surface area (Å²) in [4.78, 5) is 14.6. The maximum absolute atomic E-state index is 12.7. The second-order valence-corrected chi connectivity index (χ2v) is 4.51. The molecule has 0 fully saturated rings. The van der Waals surface area contributed by atoms with E-state index in [2.05, 4.69) is 14.5 Å². The van der Waals surface area contributed by atoms with Gasteiger partial charge < -0.3 is 9.47 Å². The van der Waals surface area contributed by atoms with Gasteiger partial charge >= 0.3 is 18.5 Å². The van der Waals surface area contributed by atoms with Gasteiger partial charge in [0.1, 0.15) is 5.56 Å². The minimum Gasteiger partial charge on any atom is -0.461 e. The summed E-state index contributed by atoms with van der Waals surface area (Å²) in [5, 5.41) is 0. The first-order chi connectivity index (χ1) is 9.47. The smallest absolute Gasteiger partial charge is 0.461 e. The Bertz CT molecular complexity index is 543. The first-order valence-corrected chi connectivity index (χ1v) is 6.23. The minimum absolute atomic E-state index is 0.0927. The zero-order valence-electron chi connectivity index (χ0n) is 10.1. The number of ether oxygens (including phenoxy) is 2. The molecule has 0 spiro atoms. The second kappa shape index (κ2) is 6.23. The van der Waals surface area contributed by atoms with Crippen LogP contribution in [0.3, 0.4) is 0 Å². The lowest BCUT2D eigenvalue weighted by atomic mass is 10.2. The average molecular weight is 429 g/mol. The molecule has 0 unspecified atom stereocenters. The van der Waals surface area contributed by atoms with Gasteiger partial charge in [-0.3, -0.25) is 0 Å². The maximum atomic E-state index is 12.7. The van der Waals surface area contributed by atoms with Gasteiger partial charge in [-0.25, -0.2) is 9.78 Å². The molecule has 0 aliphatic carbocycles. The molecule has 0 radical (unpaired) electrons. The van der Waals surface area contributed by atoms with Crippen molar-refractivity contribution >= 4 is 28.6 Å². The molecule has 11 heteroatoms. The predicted octanol–water partition coefficient (Wildman–Crippen LogP) is 3.78. The number of hydrogen-bond acceptors (Lipinski definition) is 4. The Morgan fingerprint density at radius 1 is 1.29 bits per heavy atom. The molecule has 21 heavy (non-hydrogen) atoms. The summed E-state index contributed by atoms with van der Waals surface area (Å²) in [6.07, 6.45) is -10.4. The van der Waals surface area contributed by atoms with Gasteiger partial charge in [-0.15, -0.1) is 13.2 Å². The molecule has 118 valence electrons. The van der Waals surface area contributed by atoms with Crippen molar-refractivity contribution in [3.8, 4) is 5.75 Å². The number of alkyl halides is 6. The molecule has 4 nitrogen and oxygen atoms in total. The van der Waals surface area contributed by atoms with Crippen molar-refractivity contribution in [3.05, 3.63) is 21.0 Å². The molecule has 0 atom stereocenters. The average Bonchev–Trinajstić information content (AvgIpc) is 2.28. The van der Waals surface area contributed by atoms with Crippen LogP contribution in [0, 0.1) is 3.57 Å². The molecule has 1 rings (SSSR count). The number of nitrogens with zero attached hydrogens (tertiary/aromatic N) is 1. The van der Waals surface area contributed by atoms with E-state index in [-0.39, 0.29) is 12.8 Å². The van der Waals surface area contributed by atoms with E-state index in [9.17, 15) is 31.1 Å². The van der Waals surface area contributed by atoms with E-state index in [0.29, 0.717) is 0 Å². The molecule has 1 aromatic rings. The van der Waals surface area contributed by atoms with E-state index >= 15 is 0 Å². The molecule has 0 bridgehead atoms. The highest BCUT2D eigenvalue weighted by molar-refractivity contribution is 14.1. The van der Waals surface area contributed by atoms with Crippen molar-refractivity contribution in [1.82, 2.24) is 4.98 Å². The summed E-state index contributed by atoms with van der Waals surface area (Å²) >= 11 is 1.11. The minimum atomic E-state index is -5.35. The molecule has 0 aliphatic rings. The first-order valence-electron chi connectivity index (χ1n) is 5.16. The van der Waals surface area contributed by atoms with E-state index in [4.69, 9.17) is 0 Å². The number of aromatic nitrogens is 1. The lowest BCUT2D eigenvalue weighted by Gasteiger charge is -2.17. The molecule has 0 aliphatic heterocycles. The lowest BCUT2D eigenvalue weighted by molar-refractivity contribution is -0.276. The molecule has 0 aromatic carbocycles. The highest BCUT2D eigenvalue weighted by Gasteiger charge is 2.42. The monoisotopic (exact) mass is 429 g/mol. The fourth-order valence-corrected chi connectivity index (χ4v) is 1.99. The summed E-state index contributed by atoms with van der Waals surface area (Å²) < 4.78 is 81.9. The summed E-state index contributed by atoms with van der Waals surface area (Å²) in [7, 11) is 0. The largest absolute Gasteiger partial charge is 0.573 e. The van der Waals surface area contributed by atoms with Crippen LogP contribution >= 0.6 is 22.6 Å². The molecule has 0 amide bonds. The second-order valence-electron chi connectivity index (χ2n) is 3.43.